The van der Waals surface area contributed by atoms with Gasteiger partial charge in [-0.05, 0) is 19.1 Å². The fourth-order valence-corrected chi connectivity index (χ4v) is 2.43. The molecule has 0 bridgehead atoms. The van der Waals surface area contributed by atoms with Crippen LogP contribution in [0.15, 0.2) is 41.8 Å². The molecule has 5 nitrogen and oxygen atoms in total. The highest BCUT2D eigenvalue weighted by atomic mass is 32.2. The van der Waals surface area contributed by atoms with Gasteiger partial charge in [-0.2, -0.15) is 0 Å². The number of hydrogen-bond acceptors (Lipinski definition) is 4. The van der Waals surface area contributed by atoms with E-state index < -0.39 is 16.1 Å². The van der Waals surface area contributed by atoms with Crippen LogP contribution in [0.5, 0.6) is 0 Å². The van der Waals surface area contributed by atoms with Gasteiger partial charge in [0.05, 0.1) is 24.2 Å². The molecule has 1 atom stereocenters. The average Bonchev–Trinajstić information content (AvgIpc) is 2.37. The minimum absolute atomic E-state index is 0.0580. The minimum Gasteiger partial charge on any atom is -0.389 e. The molecule has 0 saturated heterocycles. The van der Waals surface area contributed by atoms with Gasteiger partial charge in [0.25, 0.3) is 0 Å². The summed E-state index contributed by atoms with van der Waals surface area (Å²) in [6, 6.07) is 6.49. The summed E-state index contributed by atoms with van der Waals surface area (Å²) in [5, 5.41) is 9.54. The van der Waals surface area contributed by atoms with Gasteiger partial charge >= 0.3 is 0 Å². The Balaban J connectivity index is 2.51. The van der Waals surface area contributed by atoms with E-state index in [9.17, 15) is 13.5 Å². The van der Waals surface area contributed by atoms with E-state index in [2.05, 4.69) is 11.3 Å². The first-order valence-electron chi connectivity index (χ1n) is 5.89. The molecule has 0 aliphatic carbocycles. The summed E-state index contributed by atoms with van der Waals surface area (Å²) < 4.78 is 31.2. The zero-order valence-corrected chi connectivity index (χ0v) is 11.7. The number of sulfonamides is 1. The molecule has 0 heterocycles. The molecule has 0 aromatic heterocycles. The number of aliphatic hydroxyl groups is 1. The van der Waals surface area contributed by atoms with Gasteiger partial charge in [0, 0.05) is 6.54 Å². The van der Waals surface area contributed by atoms with E-state index in [1.807, 2.05) is 6.92 Å². The summed E-state index contributed by atoms with van der Waals surface area (Å²) in [7, 11) is -3.59. The summed E-state index contributed by atoms with van der Waals surface area (Å²) in [6.07, 6.45) is 0.670. The van der Waals surface area contributed by atoms with Crippen LogP contribution < -0.4 is 4.72 Å². The van der Waals surface area contributed by atoms with E-state index in [-0.39, 0.29) is 18.0 Å². The van der Waals surface area contributed by atoms with E-state index in [0.29, 0.717) is 6.61 Å². The third-order valence-electron chi connectivity index (χ3n) is 2.39. The standard InChI is InChI=1S/C13H19NO4S/c1-3-8-18-10-12(15)9-14-19(16,17)13-6-4-11(2)5-7-13/h3-7,12,14-15H,1,8-10H2,2H3. The summed E-state index contributed by atoms with van der Waals surface area (Å²) in [5.74, 6) is 0. The number of aliphatic hydroxyl groups excluding tert-OH is 1. The van der Waals surface area contributed by atoms with Gasteiger partial charge in [-0.25, -0.2) is 13.1 Å². The number of ether oxygens (including phenoxy) is 1. The van der Waals surface area contributed by atoms with Crippen molar-refractivity contribution in [3.63, 3.8) is 0 Å². The fourth-order valence-electron chi connectivity index (χ4n) is 1.35. The smallest absolute Gasteiger partial charge is 0.240 e. The molecule has 0 aliphatic heterocycles. The zero-order chi connectivity index (χ0) is 14.3. The Morgan fingerprint density at radius 3 is 2.63 bits per heavy atom. The van der Waals surface area contributed by atoms with E-state index in [4.69, 9.17) is 4.74 Å². The lowest BCUT2D eigenvalue weighted by Crippen LogP contribution is -2.34. The molecular formula is C13H19NO4S. The first kappa shape index (κ1) is 15.8. The average molecular weight is 285 g/mol. The monoisotopic (exact) mass is 285 g/mol. The summed E-state index contributed by atoms with van der Waals surface area (Å²) in [4.78, 5) is 0.178. The highest BCUT2D eigenvalue weighted by Crippen LogP contribution is 2.09. The Bertz CT molecular complexity index is 496. The first-order chi connectivity index (χ1) is 8.95. The van der Waals surface area contributed by atoms with Crippen LogP contribution in [0.2, 0.25) is 0 Å². The molecule has 1 unspecified atom stereocenters. The summed E-state index contributed by atoms with van der Waals surface area (Å²) in [5.41, 5.74) is 0.983. The lowest BCUT2D eigenvalue weighted by atomic mass is 10.2. The molecule has 0 spiro atoms. The Morgan fingerprint density at radius 1 is 1.42 bits per heavy atom. The van der Waals surface area contributed by atoms with E-state index in [0.717, 1.165) is 5.56 Å². The van der Waals surface area contributed by atoms with Crippen LogP contribution in [0.1, 0.15) is 5.56 Å². The lowest BCUT2D eigenvalue weighted by molar-refractivity contribution is 0.0524. The number of hydrogen-bond donors (Lipinski definition) is 2. The van der Waals surface area contributed by atoms with Crippen molar-refractivity contribution in [1.82, 2.24) is 4.72 Å². The molecule has 1 aromatic rings. The third-order valence-corrected chi connectivity index (χ3v) is 3.83. The van der Waals surface area contributed by atoms with E-state index in [1.165, 1.54) is 12.1 Å². The number of rotatable bonds is 8. The molecule has 0 saturated carbocycles. The second kappa shape index (κ2) is 7.40. The van der Waals surface area contributed by atoms with E-state index in [1.54, 1.807) is 18.2 Å². The maximum Gasteiger partial charge on any atom is 0.240 e. The predicted octanol–water partition coefficient (Wildman–Crippen LogP) is 0.837. The Kier molecular flexibility index (Phi) is 6.17. The van der Waals surface area contributed by atoms with Crippen molar-refractivity contribution < 1.29 is 18.3 Å². The van der Waals surface area contributed by atoms with Crippen molar-refractivity contribution in [3.8, 4) is 0 Å². The summed E-state index contributed by atoms with van der Waals surface area (Å²) in [6.45, 7) is 5.64. The molecule has 1 aromatic carbocycles. The van der Waals surface area contributed by atoms with Crippen LogP contribution in [-0.4, -0.2) is 39.4 Å². The third kappa shape index (κ3) is 5.52. The van der Waals surface area contributed by atoms with Gasteiger partial charge in [0.15, 0.2) is 0 Å². The van der Waals surface area contributed by atoms with Crippen LogP contribution in [0, 0.1) is 6.92 Å². The molecule has 0 aliphatic rings. The van der Waals surface area contributed by atoms with Crippen LogP contribution in [-0.2, 0) is 14.8 Å². The van der Waals surface area contributed by atoms with Crippen molar-refractivity contribution >= 4 is 10.0 Å². The molecule has 19 heavy (non-hydrogen) atoms. The van der Waals surface area contributed by atoms with Gasteiger partial charge < -0.3 is 9.84 Å². The maximum atomic E-state index is 11.9. The number of aryl methyl sites for hydroxylation is 1. The Morgan fingerprint density at radius 2 is 2.05 bits per heavy atom. The molecule has 6 heteroatoms. The van der Waals surface area contributed by atoms with Gasteiger partial charge in [-0.3, -0.25) is 0 Å². The second-order valence-electron chi connectivity index (χ2n) is 4.14. The van der Waals surface area contributed by atoms with Crippen LogP contribution in [0.3, 0.4) is 0 Å². The lowest BCUT2D eigenvalue weighted by Gasteiger charge is -2.12. The zero-order valence-electron chi connectivity index (χ0n) is 10.9. The first-order valence-corrected chi connectivity index (χ1v) is 7.37. The van der Waals surface area contributed by atoms with Crippen molar-refractivity contribution in [2.75, 3.05) is 19.8 Å². The van der Waals surface area contributed by atoms with Crippen LogP contribution in [0.4, 0.5) is 0 Å². The molecule has 0 radical (unpaired) electrons. The summed E-state index contributed by atoms with van der Waals surface area (Å²) >= 11 is 0. The Labute approximate surface area is 114 Å². The van der Waals surface area contributed by atoms with Crippen LogP contribution >= 0.6 is 0 Å². The molecule has 0 amide bonds. The maximum absolute atomic E-state index is 11.9. The Hall–Kier alpha value is -1.21. The van der Waals surface area contributed by atoms with Crippen molar-refractivity contribution in [2.24, 2.45) is 0 Å². The van der Waals surface area contributed by atoms with Gasteiger partial charge in [-0.1, -0.05) is 23.8 Å². The van der Waals surface area contributed by atoms with Crippen molar-refractivity contribution in [3.05, 3.63) is 42.5 Å². The predicted molar refractivity (Wildman–Crippen MR) is 73.4 cm³/mol. The molecule has 2 N–H and O–H groups in total. The largest absolute Gasteiger partial charge is 0.389 e. The van der Waals surface area contributed by atoms with Gasteiger partial charge in [0.2, 0.25) is 10.0 Å². The van der Waals surface area contributed by atoms with Crippen LogP contribution in [0.25, 0.3) is 0 Å². The number of benzene rings is 1. The molecule has 0 fully saturated rings. The normalized spacial score (nSPS) is 13.2. The number of nitrogens with one attached hydrogen (secondary N) is 1. The van der Waals surface area contributed by atoms with Crippen molar-refractivity contribution in [1.29, 1.82) is 0 Å². The van der Waals surface area contributed by atoms with Crippen molar-refractivity contribution in [2.45, 2.75) is 17.9 Å². The fraction of sp³-hybridized carbons (Fsp3) is 0.385. The second-order valence-corrected chi connectivity index (χ2v) is 5.91. The molecule has 1 rings (SSSR count). The topological polar surface area (TPSA) is 75.6 Å². The van der Waals surface area contributed by atoms with Gasteiger partial charge in [-0.15, -0.1) is 6.58 Å². The molecule has 106 valence electrons. The quantitative estimate of drug-likeness (QED) is 0.548. The SMILES string of the molecule is C=CCOCC(O)CNS(=O)(=O)c1ccc(C)cc1. The van der Waals surface area contributed by atoms with Gasteiger partial charge in [0.1, 0.15) is 0 Å². The highest BCUT2D eigenvalue weighted by Gasteiger charge is 2.15. The van der Waals surface area contributed by atoms with E-state index >= 15 is 0 Å². The molecular weight excluding hydrogens is 266 g/mol. The minimum atomic E-state index is -3.59. The highest BCUT2D eigenvalue weighted by molar-refractivity contribution is 7.89.